The molecule has 1 saturated heterocycles. The van der Waals surface area contributed by atoms with Crippen molar-refractivity contribution < 1.29 is 5.11 Å². The molecular formula is C13H18Cl2N2O. The van der Waals surface area contributed by atoms with E-state index in [0.29, 0.717) is 21.8 Å². The molecule has 0 unspecified atom stereocenters. The minimum Gasteiger partial charge on any atom is -0.399 e. The van der Waals surface area contributed by atoms with Crippen molar-refractivity contribution in [1.82, 2.24) is 0 Å². The first kappa shape index (κ1) is 13.8. The number of nitrogens with two attached hydrogens (primary N) is 1. The predicted octanol–water partition coefficient (Wildman–Crippen LogP) is 3.32. The molecule has 1 atom stereocenters. The molecule has 1 aromatic carbocycles. The highest BCUT2D eigenvalue weighted by Crippen LogP contribution is 2.39. The van der Waals surface area contributed by atoms with Crippen molar-refractivity contribution in [3.63, 3.8) is 0 Å². The van der Waals surface area contributed by atoms with E-state index >= 15 is 0 Å². The lowest BCUT2D eigenvalue weighted by Crippen LogP contribution is -2.40. The lowest BCUT2D eigenvalue weighted by atomic mass is 9.98. The number of piperidine rings is 1. The molecule has 3 nitrogen and oxygen atoms in total. The van der Waals surface area contributed by atoms with Gasteiger partial charge in [0.15, 0.2) is 0 Å². The van der Waals surface area contributed by atoms with Gasteiger partial charge in [-0.15, -0.1) is 0 Å². The fourth-order valence-corrected chi connectivity index (χ4v) is 3.32. The summed E-state index contributed by atoms with van der Waals surface area (Å²) in [5, 5.41) is 10.3. The van der Waals surface area contributed by atoms with E-state index in [1.807, 2.05) is 0 Å². The summed E-state index contributed by atoms with van der Waals surface area (Å²) in [5.74, 6) is 0. The van der Waals surface area contributed by atoms with Crippen LogP contribution in [0.3, 0.4) is 0 Å². The normalized spacial score (nSPS) is 20.2. The maximum atomic E-state index is 9.15. The lowest BCUT2D eigenvalue weighted by Gasteiger charge is -2.38. The summed E-state index contributed by atoms with van der Waals surface area (Å²) in [7, 11) is 0. The number of benzene rings is 1. The minimum absolute atomic E-state index is 0.186. The van der Waals surface area contributed by atoms with Gasteiger partial charge in [-0.3, -0.25) is 0 Å². The summed E-state index contributed by atoms with van der Waals surface area (Å²) in [6.07, 6.45) is 4.12. The smallest absolute Gasteiger partial charge is 0.0749 e. The number of nitrogens with zero attached hydrogens (tertiary/aromatic N) is 1. The van der Waals surface area contributed by atoms with Crippen molar-refractivity contribution in [2.24, 2.45) is 0 Å². The van der Waals surface area contributed by atoms with Gasteiger partial charge in [0, 0.05) is 24.9 Å². The van der Waals surface area contributed by atoms with Crippen LogP contribution in [0, 0.1) is 0 Å². The Bertz CT molecular complexity index is 400. The molecule has 0 spiro atoms. The zero-order valence-electron chi connectivity index (χ0n) is 10.2. The molecule has 0 saturated carbocycles. The molecule has 2 rings (SSSR count). The van der Waals surface area contributed by atoms with E-state index in [4.69, 9.17) is 34.0 Å². The van der Waals surface area contributed by atoms with Gasteiger partial charge in [-0.1, -0.05) is 23.2 Å². The molecule has 0 amide bonds. The molecule has 1 aliphatic heterocycles. The quantitative estimate of drug-likeness (QED) is 0.839. The van der Waals surface area contributed by atoms with Crippen LogP contribution >= 0.6 is 23.2 Å². The molecule has 5 heteroatoms. The van der Waals surface area contributed by atoms with Gasteiger partial charge in [0.1, 0.15) is 0 Å². The Morgan fingerprint density at radius 2 is 1.94 bits per heavy atom. The molecule has 0 bridgehead atoms. The molecule has 18 heavy (non-hydrogen) atoms. The second-order valence-electron chi connectivity index (χ2n) is 4.69. The molecule has 1 aromatic rings. The van der Waals surface area contributed by atoms with Gasteiger partial charge < -0.3 is 15.7 Å². The maximum absolute atomic E-state index is 9.15. The highest BCUT2D eigenvalue weighted by atomic mass is 35.5. The van der Waals surface area contributed by atoms with Crippen LogP contribution in [-0.4, -0.2) is 24.3 Å². The number of nitrogen functional groups attached to an aromatic ring is 1. The van der Waals surface area contributed by atoms with Crippen LogP contribution in [0.25, 0.3) is 0 Å². The number of halogens is 2. The number of hydrogen-bond donors (Lipinski definition) is 2. The second-order valence-corrected chi connectivity index (χ2v) is 5.50. The van der Waals surface area contributed by atoms with E-state index in [1.165, 1.54) is 6.42 Å². The van der Waals surface area contributed by atoms with Gasteiger partial charge in [-0.25, -0.2) is 0 Å². The zero-order valence-corrected chi connectivity index (χ0v) is 11.7. The van der Waals surface area contributed by atoms with Crippen LogP contribution in [0.15, 0.2) is 12.1 Å². The molecule has 0 radical (unpaired) electrons. The third-order valence-electron chi connectivity index (χ3n) is 3.42. The van der Waals surface area contributed by atoms with Gasteiger partial charge >= 0.3 is 0 Å². The summed E-state index contributed by atoms with van der Waals surface area (Å²) >= 11 is 12.5. The van der Waals surface area contributed by atoms with Crippen molar-refractivity contribution in [3.05, 3.63) is 22.2 Å². The highest BCUT2D eigenvalue weighted by Gasteiger charge is 2.25. The number of hydrogen-bond acceptors (Lipinski definition) is 3. The van der Waals surface area contributed by atoms with E-state index in [-0.39, 0.29) is 6.61 Å². The largest absolute Gasteiger partial charge is 0.399 e. The fraction of sp³-hybridized carbons (Fsp3) is 0.538. The third kappa shape index (κ3) is 2.85. The summed E-state index contributed by atoms with van der Waals surface area (Å²) < 4.78 is 0. The number of aliphatic hydroxyl groups is 1. The average Bonchev–Trinajstić information content (AvgIpc) is 2.30. The first-order valence-corrected chi connectivity index (χ1v) is 7.01. The second kappa shape index (κ2) is 6.00. The van der Waals surface area contributed by atoms with Crippen LogP contribution in [-0.2, 0) is 0 Å². The number of aliphatic hydroxyl groups excluding tert-OH is 1. The van der Waals surface area contributed by atoms with Gasteiger partial charge in [-0.05, 0) is 37.8 Å². The fourth-order valence-electron chi connectivity index (χ4n) is 2.60. The van der Waals surface area contributed by atoms with Crippen molar-refractivity contribution in [3.8, 4) is 0 Å². The van der Waals surface area contributed by atoms with Crippen molar-refractivity contribution in [2.45, 2.75) is 31.7 Å². The van der Waals surface area contributed by atoms with Gasteiger partial charge in [0.2, 0.25) is 0 Å². The number of anilines is 2. The monoisotopic (exact) mass is 288 g/mol. The maximum Gasteiger partial charge on any atom is 0.0749 e. The predicted molar refractivity (Wildman–Crippen MR) is 77.6 cm³/mol. The summed E-state index contributed by atoms with van der Waals surface area (Å²) in [4.78, 5) is 2.21. The Balaban J connectivity index is 2.33. The Labute approximate surface area is 117 Å². The number of rotatable bonds is 3. The van der Waals surface area contributed by atoms with Crippen LogP contribution in [0.5, 0.6) is 0 Å². The van der Waals surface area contributed by atoms with Crippen LogP contribution < -0.4 is 10.6 Å². The highest BCUT2D eigenvalue weighted by molar-refractivity contribution is 6.39. The Hall–Kier alpha value is -0.640. The molecule has 0 aliphatic carbocycles. The molecule has 1 heterocycles. The van der Waals surface area contributed by atoms with E-state index < -0.39 is 0 Å². The van der Waals surface area contributed by atoms with Gasteiger partial charge in [-0.2, -0.15) is 0 Å². The molecule has 1 fully saturated rings. The van der Waals surface area contributed by atoms with Gasteiger partial charge in [0.25, 0.3) is 0 Å². The van der Waals surface area contributed by atoms with E-state index in [1.54, 1.807) is 12.1 Å². The Kier molecular flexibility index (Phi) is 4.60. The molecule has 1 aliphatic rings. The van der Waals surface area contributed by atoms with E-state index in [2.05, 4.69) is 4.90 Å². The minimum atomic E-state index is 0.186. The van der Waals surface area contributed by atoms with Gasteiger partial charge in [0.05, 0.1) is 15.7 Å². The van der Waals surface area contributed by atoms with Crippen LogP contribution in [0.1, 0.15) is 25.7 Å². The molecule has 100 valence electrons. The third-order valence-corrected chi connectivity index (χ3v) is 3.99. The average molecular weight is 289 g/mol. The molecule has 3 N–H and O–H groups in total. The lowest BCUT2D eigenvalue weighted by molar-refractivity contribution is 0.262. The van der Waals surface area contributed by atoms with E-state index in [0.717, 1.165) is 31.5 Å². The summed E-state index contributed by atoms with van der Waals surface area (Å²) in [5.41, 5.74) is 7.15. The van der Waals surface area contributed by atoms with Crippen molar-refractivity contribution in [2.75, 3.05) is 23.8 Å². The Morgan fingerprint density at radius 1 is 1.28 bits per heavy atom. The summed E-state index contributed by atoms with van der Waals surface area (Å²) in [6, 6.07) is 3.77. The molecule has 0 aromatic heterocycles. The topological polar surface area (TPSA) is 49.5 Å². The Morgan fingerprint density at radius 3 is 2.56 bits per heavy atom. The van der Waals surface area contributed by atoms with Crippen molar-refractivity contribution >= 4 is 34.6 Å². The van der Waals surface area contributed by atoms with Crippen LogP contribution in [0.2, 0.25) is 10.0 Å². The zero-order chi connectivity index (χ0) is 13.1. The molecular weight excluding hydrogens is 271 g/mol. The first-order valence-electron chi connectivity index (χ1n) is 6.25. The first-order chi connectivity index (χ1) is 8.63. The standard InChI is InChI=1S/C13H18Cl2N2O/c14-11-7-9(16)8-12(15)13(11)17-5-2-1-3-10(17)4-6-18/h7-8,10,18H,1-6,16H2/t10-/m0/s1. The van der Waals surface area contributed by atoms with Crippen LogP contribution in [0.4, 0.5) is 11.4 Å². The van der Waals surface area contributed by atoms with E-state index in [9.17, 15) is 0 Å². The summed E-state index contributed by atoms with van der Waals surface area (Å²) in [6.45, 7) is 1.11. The van der Waals surface area contributed by atoms with Crippen molar-refractivity contribution in [1.29, 1.82) is 0 Å². The SMILES string of the molecule is Nc1cc(Cl)c(N2CCCC[C@H]2CCO)c(Cl)c1.